The first-order valence-electron chi connectivity index (χ1n) is 6.66. The molecular weight excluding hydrogens is 272 g/mol. The molecule has 0 saturated heterocycles. The van der Waals surface area contributed by atoms with E-state index < -0.39 is 23.4 Å². The second-order valence-electron chi connectivity index (χ2n) is 5.61. The third-order valence-corrected chi connectivity index (χ3v) is 4.52. The number of H-pyrrole nitrogens is 1. The molecule has 2 atom stereocenters. The average molecular weight is 288 g/mol. The van der Waals surface area contributed by atoms with Crippen LogP contribution in [0.3, 0.4) is 0 Å². The van der Waals surface area contributed by atoms with Gasteiger partial charge in [0.25, 0.3) is 0 Å². The zero-order valence-corrected chi connectivity index (χ0v) is 11.8. The molecule has 0 bridgehead atoms. The van der Waals surface area contributed by atoms with E-state index in [1.54, 1.807) is 18.9 Å². The number of aliphatic carboxylic acids is 2. The Hall–Kier alpha value is -2.34. The number of rotatable bonds is 2. The number of benzene rings is 1. The highest BCUT2D eigenvalue weighted by atomic mass is 16.4. The summed E-state index contributed by atoms with van der Waals surface area (Å²) in [5.74, 6) is -2.68. The van der Waals surface area contributed by atoms with Crippen molar-refractivity contribution in [1.82, 2.24) is 9.88 Å². The van der Waals surface area contributed by atoms with Gasteiger partial charge in [-0.25, -0.2) is 4.79 Å². The van der Waals surface area contributed by atoms with Crippen LogP contribution in [-0.2, 0) is 15.1 Å². The van der Waals surface area contributed by atoms with Crippen molar-refractivity contribution < 1.29 is 19.8 Å². The van der Waals surface area contributed by atoms with Crippen molar-refractivity contribution in [3.63, 3.8) is 0 Å². The largest absolute Gasteiger partial charge is 0.481 e. The fourth-order valence-corrected chi connectivity index (χ4v) is 3.12. The SMILES string of the molecule is CN1CC(C(=O)O)c2c([nH]c3ccccc23)C1(C)C(=O)O. The first kappa shape index (κ1) is 13.6. The van der Waals surface area contributed by atoms with Gasteiger partial charge in [-0.1, -0.05) is 18.2 Å². The number of hydrogen-bond donors (Lipinski definition) is 3. The van der Waals surface area contributed by atoms with Crippen LogP contribution < -0.4 is 0 Å². The minimum absolute atomic E-state index is 0.160. The molecule has 0 saturated carbocycles. The van der Waals surface area contributed by atoms with E-state index in [1.165, 1.54) is 0 Å². The molecule has 6 nitrogen and oxygen atoms in total. The lowest BCUT2D eigenvalue weighted by atomic mass is 9.81. The highest BCUT2D eigenvalue weighted by molar-refractivity contribution is 5.94. The van der Waals surface area contributed by atoms with Gasteiger partial charge < -0.3 is 15.2 Å². The van der Waals surface area contributed by atoms with Crippen molar-refractivity contribution >= 4 is 22.8 Å². The summed E-state index contributed by atoms with van der Waals surface area (Å²) in [6.45, 7) is 1.76. The fraction of sp³-hybridized carbons (Fsp3) is 0.333. The van der Waals surface area contributed by atoms with Gasteiger partial charge in [0.15, 0.2) is 5.54 Å². The molecule has 2 aromatic rings. The number of aromatic nitrogens is 1. The van der Waals surface area contributed by atoms with Gasteiger partial charge >= 0.3 is 11.9 Å². The van der Waals surface area contributed by atoms with Crippen molar-refractivity contribution in [1.29, 1.82) is 0 Å². The topological polar surface area (TPSA) is 93.6 Å². The summed E-state index contributed by atoms with van der Waals surface area (Å²) in [5.41, 5.74) is 0.537. The molecule has 3 N–H and O–H groups in total. The summed E-state index contributed by atoms with van der Waals surface area (Å²) < 4.78 is 0. The van der Waals surface area contributed by atoms with E-state index in [1.807, 2.05) is 24.3 Å². The molecular formula is C15H16N2O4. The fourth-order valence-electron chi connectivity index (χ4n) is 3.12. The van der Waals surface area contributed by atoms with Crippen molar-refractivity contribution in [2.75, 3.05) is 13.6 Å². The standard InChI is InChI=1S/C15H16N2O4/c1-15(14(20)21)12-11(9(13(18)19)7-17(15)2)8-5-3-4-6-10(8)16-12/h3-6,9,16H,7H2,1-2H3,(H,18,19)(H,20,21). The minimum Gasteiger partial charge on any atom is -0.481 e. The van der Waals surface area contributed by atoms with Gasteiger partial charge in [0.05, 0.1) is 11.6 Å². The Kier molecular flexibility index (Phi) is 2.81. The van der Waals surface area contributed by atoms with Gasteiger partial charge in [0.1, 0.15) is 0 Å². The predicted molar refractivity (Wildman–Crippen MR) is 76.3 cm³/mol. The highest BCUT2D eigenvalue weighted by Gasteiger charge is 2.49. The van der Waals surface area contributed by atoms with Crippen LogP contribution in [0.1, 0.15) is 24.1 Å². The molecule has 2 unspecified atom stereocenters. The van der Waals surface area contributed by atoms with Crippen molar-refractivity contribution in [2.24, 2.45) is 0 Å². The molecule has 1 aromatic heterocycles. The van der Waals surface area contributed by atoms with Crippen LogP contribution in [0.15, 0.2) is 24.3 Å². The first-order valence-corrected chi connectivity index (χ1v) is 6.66. The van der Waals surface area contributed by atoms with Crippen LogP contribution >= 0.6 is 0 Å². The maximum Gasteiger partial charge on any atom is 0.330 e. The van der Waals surface area contributed by atoms with Crippen LogP contribution in [0, 0.1) is 0 Å². The van der Waals surface area contributed by atoms with Crippen molar-refractivity contribution in [3.05, 3.63) is 35.5 Å². The van der Waals surface area contributed by atoms with Gasteiger partial charge in [0.2, 0.25) is 0 Å². The Morgan fingerprint density at radius 2 is 2.00 bits per heavy atom. The van der Waals surface area contributed by atoms with E-state index in [0.29, 0.717) is 11.3 Å². The maximum atomic E-state index is 11.8. The molecule has 0 spiro atoms. The summed E-state index contributed by atoms with van der Waals surface area (Å²) in [4.78, 5) is 28.1. The number of likely N-dealkylation sites (N-methyl/N-ethyl adjacent to an activating group) is 1. The lowest BCUT2D eigenvalue weighted by Crippen LogP contribution is -2.53. The Morgan fingerprint density at radius 1 is 1.33 bits per heavy atom. The lowest BCUT2D eigenvalue weighted by molar-refractivity contribution is -0.153. The Labute approximate surface area is 121 Å². The zero-order valence-electron chi connectivity index (χ0n) is 11.8. The van der Waals surface area contributed by atoms with Gasteiger partial charge in [0, 0.05) is 17.4 Å². The summed E-state index contributed by atoms with van der Waals surface area (Å²) in [6, 6.07) is 7.32. The first-order chi connectivity index (χ1) is 9.87. The third kappa shape index (κ3) is 1.69. The summed E-state index contributed by atoms with van der Waals surface area (Å²) in [5, 5.41) is 19.9. The second-order valence-corrected chi connectivity index (χ2v) is 5.61. The molecule has 1 aromatic carbocycles. The Morgan fingerprint density at radius 3 is 2.62 bits per heavy atom. The van der Waals surface area contributed by atoms with Crippen LogP contribution in [0.25, 0.3) is 10.9 Å². The van der Waals surface area contributed by atoms with Gasteiger partial charge in [-0.15, -0.1) is 0 Å². The molecule has 1 aliphatic heterocycles. The Balaban J connectivity index is 2.38. The Bertz CT molecular complexity index is 751. The van der Waals surface area contributed by atoms with E-state index >= 15 is 0 Å². The normalized spacial score (nSPS) is 25.7. The van der Waals surface area contributed by atoms with E-state index in [-0.39, 0.29) is 6.54 Å². The number of fused-ring (bicyclic) bond motifs is 3. The number of para-hydroxylation sites is 1. The number of carboxylic acid groups (broad SMARTS) is 2. The molecule has 21 heavy (non-hydrogen) atoms. The number of nitrogens with one attached hydrogen (secondary N) is 1. The molecule has 0 radical (unpaired) electrons. The summed E-state index contributed by atoms with van der Waals surface area (Å²) in [6.07, 6.45) is 0. The smallest absolute Gasteiger partial charge is 0.330 e. The van der Waals surface area contributed by atoms with Gasteiger partial charge in [-0.2, -0.15) is 0 Å². The molecule has 2 heterocycles. The predicted octanol–water partition coefficient (Wildman–Crippen LogP) is 1.58. The maximum absolute atomic E-state index is 11.8. The molecule has 0 amide bonds. The molecule has 6 heteroatoms. The van der Waals surface area contributed by atoms with Gasteiger partial charge in [-0.3, -0.25) is 9.69 Å². The minimum atomic E-state index is -1.26. The molecule has 3 rings (SSSR count). The van der Waals surface area contributed by atoms with Crippen molar-refractivity contribution in [3.8, 4) is 0 Å². The quantitative estimate of drug-likeness (QED) is 0.780. The van der Waals surface area contributed by atoms with E-state index in [0.717, 1.165) is 10.9 Å². The third-order valence-electron chi connectivity index (χ3n) is 4.52. The van der Waals surface area contributed by atoms with E-state index in [2.05, 4.69) is 4.98 Å². The molecule has 1 aliphatic rings. The summed E-state index contributed by atoms with van der Waals surface area (Å²) >= 11 is 0. The number of hydrogen-bond acceptors (Lipinski definition) is 3. The van der Waals surface area contributed by atoms with Crippen LogP contribution in [-0.4, -0.2) is 45.6 Å². The number of aromatic amines is 1. The monoisotopic (exact) mass is 288 g/mol. The van der Waals surface area contributed by atoms with Crippen LogP contribution in [0.5, 0.6) is 0 Å². The van der Waals surface area contributed by atoms with Gasteiger partial charge in [-0.05, 0) is 25.6 Å². The number of carboxylic acids is 2. The lowest BCUT2D eigenvalue weighted by Gasteiger charge is -2.41. The molecule has 110 valence electrons. The van der Waals surface area contributed by atoms with E-state index in [9.17, 15) is 19.8 Å². The molecule has 0 aliphatic carbocycles. The van der Waals surface area contributed by atoms with Crippen molar-refractivity contribution in [2.45, 2.75) is 18.4 Å². The van der Waals surface area contributed by atoms with Crippen LogP contribution in [0.2, 0.25) is 0 Å². The second kappa shape index (κ2) is 4.33. The average Bonchev–Trinajstić information content (AvgIpc) is 2.82. The zero-order chi connectivity index (χ0) is 15.4. The highest BCUT2D eigenvalue weighted by Crippen LogP contribution is 2.43. The number of nitrogens with zero attached hydrogens (tertiary/aromatic N) is 1. The van der Waals surface area contributed by atoms with Crippen LogP contribution in [0.4, 0.5) is 0 Å². The molecule has 0 fully saturated rings. The summed E-state index contributed by atoms with van der Waals surface area (Å²) in [7, 11) is 1.64. The van der Waals surface area contributed by atoms with E-state index in [4.69, 9.17) is 0 Å². The number of carbonyl (C=O) groups is 2.